The second-order valence-corrected chi connectivity index (χ2v) is 6.73. The topological polar surface area (TPSA) is 32.3 Å². The fourth-order valence-corrected chi connectivity index (χ4v) is 3.86. The first kappa shape index (κ1) is 14.8. The molecular weight excluding hydrogens is 260 g/mol. The van der Waals surface area contributed by atoms with Crippen LogP contribution in [-0.2, 0) is 0 Å². The number of hydrogen-bond acceptors (Lipinski definition) is 4. The quantitative estimate of drug-likeness (QED) is 0.856. The first-order valence-electron chi connectivity index (χ1n) is 8.44. The van der Waals surface area contributed by atoms with Gasteiger partial charge in [-0.1, -0.05) is 0 Å². The van der Waals surface area contributed by atoms with Crippen molar-refractivity contribution in [1.29, 1.82) is 0 Å². The van der Waals surface area contributed by atoms with Crippen LogP contribution >= 0.6 is 0 Å². The van der Waals surface area contributed by atoms with Crippen LogP contribution in [0.5, 0.6) is 0 Å². The summed E-state index contributed by atoms with van der Waals surface area (Å²) < 4.78 is 0. The number of piperidine rings is 1. The maximum Gasteiger partial charge on any atom is 0.150 e. The summed E-state index contributed by atoms with van der Waals surface area (Å²) in [7, 11) is 0. The minimum Gasteiger partial charge on any atom is -0.355 e. The molecule has 0 amide bonds. The van der Waals surface area contributed by atoms with Gasteiger partial charge in [0.1, 0.15) is 5.82 Å². The minimum absolute atomic E-state index is 0.749. The second-order valence-electron chi connectivity index (χ2n) is 6.73. The Morgan fingerprint density at radius 1 is 1.10 bits per heavy atom. The summed E-state index contributed by atoms with van der Waals surface area (Å²) in [6.45, 7) is 11.4. The minimum atomic E-state index is 0.749. The molecule has 2 fully saturated rings. The normalized spacial score (nSPS) is 22.7. The Kier molecular flexibility index (Phi) is 4.43. The zero-order valence-corrected chi connectivity index (χ0v) is 13.7. The number of anilines is 1. The Bertz CT molecular complexity index is 474. The van der Waals surface area contributed by atoms with E-state index in [0.29, 0.717) is 0 Å². The van der Waals surface area contributed by atoms with Crippen molar-refractivity contribution in [3.8, 4) is 0 Å². The van der Waals surface area contributed by atoms with E-state index in [0.717, 1.165) is 42.3 Å². The number of hydrogen-bond donors (Lipinski definition) is 0. The Morgan fingerprint density at radius 3 is 2.43 bits per heavy atom. The monoisotopic (exact) mass is 288 g/mol. The van der Waals surface area contributed by atoms with Crippen molar-refractivity contribution in [2.45, 2.75) is 52.5 Å². The molecule has 0 aliphatic carbocycles. The van der Waals surface area contributed by atoms with Crippen LogP contribution in [0.15, 0.2) is 6.20 Å². The molecule has 4 heteroatoms. The molecular formula is C17H28N4. The molecule has 4 nitrogen and oxygen atoms in total. The lowest BCUT2D eigenvalue weighted by Crippen LogP contribution is -2.43. The molecule has 0 aromatic carbocycles. The summed E-state index contributed by atoms with van der Waals surface area (Å²) in [5.74, 6) is 1.94. The van der Waals surface area contributed by atoms with Gasteiger partial charge in [-0.3, -0.25) is 4.98 Å². The third-order valence-corrected chi connectivity index (χ3v) is 5.29. The number of nitrogens with zero attached hydrogens (tertiary/aromatic N) is 4. The van der Waals surface area contributed by atoms with E-state index in [4.69, 9.17) is 4.98 Å². The van der Waals surface area contributed by atoms with Crippen LogP contribution in [0.4, 0.5) is 5.82 Å². The van der Waals surface area contributed by atoms with Gasteiger partial charge in [0.2, 0.25) is 0 Å². The first-order valence-corrected chi connectivity index (χ1v) is 8.44. The van der Waals surface area contributed by atoms with E-state index < -0.39 is 0 Å². The summed E-state index contributed by atoms with van der Waals surface area (Å²) in [6.07, 6.45) is 7.21. The molecule has 116 valence electrons. The van der Waals surface area contributed by atoms with E-state index in [1.54, 1.807) is 0 Å². The third-order valence-electron chi connectivity index (χ3n) is 5.29. The van der Waals surface area contributed by atoms with E-state index in [2.05, 4.69) is 28.6 Å². The highest BCUT2D eigenvalue weighted by molar-refractivity contribution is 5.43. The maximum atomic E-state index is 4.70. The SMILES string of the molecule is Cc1cnc(C)c(N2CCC([C@@H](C)N3CCCC3)CC2)n1. The average Bonchev–Trinajstić information content (AvgIpc) is 3.03. The van der Waals surface area contributed by atoms with Gasteiger partial charge in [-0.15, -0.1) is 0 Å². The molecule has 0 radical (unpaired) electrons. The molecule has 0 unspecified atom stereocenters. The fraction of sp³-hybridized carbons (Fsp3) is 0.765. The lowest BCUT2D eigenvalue weighted by Gasteiger charge is -2.39. The van der Waals surface area contributed by atoms with Crippen molar-refractivity contribution in [1.82, 2.24) is 14.9 Å². The number of likely N-dealkylation sites (tertiary alicyclic amines) is 1. The lowest BCUT2D eigenvalue weighted by atomic mass is 9.89. The van der Waals surface area contributed by atoms with E-state index in [1.165, 1.54) is 38.8 Å². The van der Waals surface area contributed by atoms with E-state index in [-0.39, 0.29) is 0 Å². The van der Waals surface area contributed by atoms with Crippen molar-refractivity contribution < 1.29 is 0 Å². The molecule has 1 atom stereocenters. The van der Waals surface area contributed by atoms with Gasteiger partial charge in [-0.05, 0) is 65.5 Å². The molecule has 21 heavy (non-hydrogen) atoms. The molecule has 3 heterocycles. The predicted molar refractivity (Wildman–Crippen MR) is 86.7 cm³/mol. The highest BCUT2D eigenvalue weighted by Gasteiger charge is 2.29. The molecule has 1 aromatic heterocycles. The Balaban J connectivity index is 1.60. The fourth-order valence-electron chi connectivity index (χ4n) is 3.86. The molecule has 3 rings (SSSR count). The van der Waals surface area contributed by atoms with Crippen molar-refractivity contribution in [3.63, 3.8) is 0 Å². The second kappa shape index (κ2) is 6.30. The predicted octanol–water partition coefficient (Wildman–Crippen LogP) is 2.79. The van der Waals surface area contributed by atoms with E-state index in [9.17, 15) is 0 Å². The van der Waals surface area contributed by atoms with Gasteiger partial charge in [0.25, 0.3) is 0 Å². The summed E-state index contributed by atoms with van der Waals surface area (Å²) in [6, 6.07) is 0.749. The highest BCUT2D eigenvalue weighted by atomic mass is 15.2. The summed E-state index contributed by atoms with van der Waals surface area (Å²) in [5.41, 5.74) is 2.08. The van der Waals surface area contributed by atoms with Crippen molar-refractivity contribution in [2.75, 3.05) is 31.1 Å². The van der Waals surface area contributed by atoms with Gasteiger partial charge in [0.15, 0.2) is 0 Å². The zero-order chi connectivity index (χ0) is 14.8. The molecule has 0 N–H and O–H groups in total. The van der Waals surface area contributed by atoms with Gasteiger partial charge >= 0.3 is 0 Å². The van der Waals surface area contributed by atoms with Crippen LogP contribution in [-0.4, -0.2) is 47.1 Å². The molecule has 2 aliphatic heterocycles. The standard InChI is InChI=1S/C17H28N4/c1-13-12-18-14(2)17(19-13)21-10-6-16(7-11-21)15(3)20-8-4-5-9-20/h12,15-16H,4-11H2,1-3H3/t15-/m1/s1. The zero-order valence-electron chi connectivity index (χ0n) is 13.7. The average molecular weight is 288 g/mol. The number of aryl methyl sites for hydroxylation is 2. The molecule has 2 aliphatic rings. The van der Waals surface area contributed by atoms with Crippen LogP contribution in [0.3, 0.4) is 0 Å². The lowest BCUT2D eigenvalue weighted by molar-refractivity contribution is 0.167. The molecule has 0 spiro atoms. The Hall–Kier alpha value is -1.16. The van der Waals surface area contributed by atoms with Gasteiger partial charge in [0.05, 0.1) is 11.4 Å². The van der Waals surface area contributed by atoms with Gasteiger partial charge in [-0.2, -0.15) is 0 Å². The Morgan fingerprint density at radius 2 is 1.76 bits per heavy atom. The van der Waals surface area contributed by atoms with Crippen LogP contribution in [0.2, 0.25) is 0 Å². The van der Waals surface area contributed by atoms with E-state index >= 15 is 0 Å². The number of rotatable bonds is 3. The maximum absolute atomic E-state index is 4.70. The molecule has 2 saturated heterocycles. The summed E-state index contributed by atoms with van der Waals surface area (Å²) >= 11 is 0. The van der Waals surface area contributed by atoms with Gasteiger partial charge < -0.3 is 9.80 Å². The Labute approximate surface area is 128 Å². The molecule has 0 bridgehead atoms. The van der Waals surface area contributed by atoms with E-state index in [1.807, 2.05) is 13.1 Å². The van der Waals surface area contributed by atoms with Gasteiger partial charge in [-0.25, -0.2) is 4.98 Å². The highest BCUT2D eigenvalue weighted by Crippen LogP contribution is 2.29. The van der Waals surface area contributed by atoms with Crippen molar-refractivity contribution in [3.05, 3.63) is 17.6 Å². The summed E-state index contributed by atoms with van der Waals surface area (Å²) in [5, 5.41) is 0. The number of aromatic nitrogens is 2. The summed E-state index contributed by atoms with van der Waals surface area (Å²) in [4.78, 5) is 14.3. The van der Waals surface area contributed by atoms with Crippen LogP contribution in [0.1, 0.15) is 44.0 Å². The van der Waals surface area contributed by atoms with Crippen LogP contribution in [0.25, 0.3) is 0 Å². The van der Waals surface area contributed by atoms with Crippen molar-refractivity contribution >= 4 is 5.82 Å². The van der Waals surface area contributed by atoms with Crippen molar-refractivity contribution in [2.24, 2.45) is 5.92 Å². The van der Waals surface area contributed by atoms with Gasteiger partial charge in [0, 0.05) is 25.3 Å². The molecule has 0 saturated carbocycles. The largest absolute Gasteiger partial charge is 0.355 e. The third kappa shape index (κ3) is 3.20. The van der Waals surface area contributed by atoms with Crippen LogP contribution in [0, 0.1) is 19.8 Å². The first-order chi connectivity index (χ1) is 10.1. The smallest absolute Gasteiger partial charge is 0.150 e. The molecule has 1 aromatic rings. The van der Waals surface area contributed by atoms with Crippen LogP contribution < -0.4 is 4.90 Å².